The largest absolute Gasteiger partial charge is 1.00 e. The zero-order valence-corrected chi connectivity index (χ0v) is 5.76. The molecular weight excluding hydrogens is 119 g/mol. The smallest absolute Gasteiger partial charge is 0.218 e. The van der Waals surface area contributed by atoms with Gasteiger partial charge in [0.1, 0.15) is 0 Å². The fourth-order valence-electron chi connectivity index (χ4n) is 0. The maximum absolute atomic E-state index is 10.5. The van der Waals surface area contributed by atoms with Gasteiger partial charge in [-0.05, 0) is 0 Å². The summed E-state index contributed by atoms with van der Waals surface area (Å²) < 4.78 is 31.4. The molecule has 0 atom stereocenters. The van der Waals surface area contributed by atoms with Crippen LogP contribution in [-0.4, -0.2) is 13.9 Å². The van der Waals surface area contributed by atoms with Gasteiger partial charge in [-0.15, -0.1) is 0 Å². The van der Waals surface area contributed by atoms with Gasteiger partial charge in [-0.25, -0.2) is 13.2 Å². The molecule has 5 heteroatoms. The molecule has 0 spiro atoms. The molecule has 0 nitrogen and oxygen atoms in total. The Balaban J connectivity index is 0. The van der Waals surface area contributed by atoms with E-state index in [1.807, 2.05) is 0 Å². The van der Waals surface area contributed by atoms with E-state index in [9.17, 15) is 13.2 Å². The standard InChI is InChI=1S/CH3BF3.K/c2-1(3,4)5;/h2H3;/q-1;+1. The maximum atomic E-state index is 10.5. The van der Waals surface area contributed by atoms with Crippen molar-refractivity contribution in [2.24, 2.45) is 0 Å². The van der Waals surface area contributed by atoms with E-state index in [0.717, 1.165) is 0 Å². The summed E-state index contributed by atoms with van der Waals surface area (Å²) in [5, 5.41) is 0. The van der Waals surface area contributed by atoms with Gasteiger partial charge in [0.05, 0.1) is 7.85 Å². The summed E-state index contributed by atoms with van der Waals surface area (Å²) in [7, 11) is -1.40. The zero-order valence-electron chi connectivity index (χ0n) is 2.63. The predicted octanol–water partition coefficient (Wildman–Crippen LogP) is -3.12. The van der Waals surface area contributed by atoms with E-state index in [0.29, 0.717) is 0 Å². The number of hydrogen-bond acceptors (Lipinski definition) is 0. The molecule has 6 heavy (non-hydrogen) atoms. The van der Waals surface area contributed by atoms with Crippen molar-refractivity contribution in [3.8, 4) is 0 Å². The predicted molar refractivity (Wildman–Crippen MR) is 16.0 cm³/mol. The molecule has 0 bridgehead atoms. The van der Waals surface area contributed by atoms with Gasteiger partial charge in [-0.1, -0.05) is 0 Å². The van der Waals surface area contributed by atoms with Crippen LogP contribution in [0.1, 0.15) is 0 Å². The average Bonchev–Trinajstić information content (AvgIpc) is 0.722. The van der Waals surface area contributed by atoms with Gasteiger partial charge in [-0.2, -0.15) is 0 Å². The van der Waals surface area contributed by atoms with E-state index in [1.165, 1.54) is 0 Å². The molecule has 0 saturated heterocycles. The molecule has 0 aliphatic carbocycles. The first kappa shape index (κ1) is 10.5. The fourth-order valence-corrected chi connectivity index (χ4v) is 0. The van der Waals surface area contributed by atoms with Crippen molar-refractivity contribution in [3.05, 3.63) is 0 Å². The Morgan fingerprint density at radius 2 is 1.17 bits per heavy atom. The Hall–Kier alpha value is 1.49. The van der Waals surface area contributed by atoms with Crippen LogP contribution in [0.3, 0.4) is 0 Å². The third-order valence-corrected chi connectivity index (χ3v) is 0. The van der Waals surface area contributed by atoms with Crippen LogP contribution in [0.15, 0.2) is 0 Å². The molecule has 0 amide bonds. The first-order valence-corrected chi connectivity index (χ1v) is 0.567. The van der Waals surface area contributed by atoms with Crippen LogP contribution >= 0.6 is 0 Å². The van der Waals surface area contributed by atoms with Crippen molar-refractivity contribution in [3.63, 3.8) is 0 Å². The van der Waals surface area contributed by atoms with E-state index >= 15 is 0 Å². The fraction of sp³-hybridized carbons (Fsp3) is 1.00. The Labute approximate surface area is 77.3 Å². The van der Waals surface area contributed by atoms with Crippen molar-refractivity contribution in [1.29, 1.82) is 0 Å². The normalized spacial score (nSPS) is 10.0. The van der Waals surface area contributed by atoms with Crippen molar-refractivity contribution >= 4 is 7.85 Å². The molecule has 0 rings (SSSR count). The molecule has 0 saturated carbocycles. The molecule has 0 heterocycles. The van der Waals surface area contributed by atoms with Crippen molar-refractivity contribution < 1.29 is 64.6 Å². The van der Waals surface area contributed by atoms with Gasteiger partial charge in [-0.3, -0.25) is 0 Å². The van der Waals surface area contributed by atoms with Crippen LogP contribution in [0, 0.1) is 0 Å². The molecule has 0 unspecified atom stereocenters. The molecular formula is CH3BF3K. The minimum absolute atomic E-state index is 0. The molecule has 0 aromatic rings. The van der Waals surface area contributed by atoms with Crippen LogP contribution in [-0.2, 0) is 0 Å². The summed E-state index contributed by atoms with van der Waals surface area (Å²) >= 11 is 0. The van der Waals surface area contributed by atoms with E-state index in [2.05, 4.69) is 0 Å². The van der Waals surface area contributed by atoms with Gasteiger partial charge in [0.25, 0.3) is 0 Å². The molecule has 0 N–H and O–H groups in total. The summed E-state index contributed by atoms with van der Waals surface area (Å²) in [6, 6.07) is 0. The summed E-state index contributed by atoms with van der Waals surface area (Å²) in [6.45, 7) is 0. The number of alkyl halides is 3. The van der Waals surface area contributed by atoms with E-state index in [1.54, 1.807) is 0 Å². The van der Waals surface area contributed by atoms with Gasteiger partial charge >= 0.3 is 51.4 Å². The Morgan fingerprint density at radius 3 is 1.17 bits per heavy atom. The van der Waals surface area contributed by atoms with Crippen LogP contribution < -0.4 is 51.4 Å². The van der Waals surface area contributed by atoms with Crippen LogP contribution in [0.4, 0.5) is 13.2 Å². The minimum atomic E-state index is -3.75. The van der Waals surface area contributed by atoms with Crippen LogP contribution in [0.2, 0.25) is 0 Å². The SMILES string of the molecule is [BH3-]C(F)(F)F.[K+]. The summed E-state index contributed by atoms with van der Waals surface area (Å²) in [5.41, 5.74) is 0. The first-order valence-electron chi connectivity index (χ1n) is 0.567. The Morgan fingerprint density at radius 1 is 1.17 bits per heavy atom. The molecule has 0 aliphatic rings. The third-order valence-electron chi connectivity index (χ3n) is 0. The van der Waals surface area contributed by atoms with Crippen LogP contribution in [0.5, 0.6) is 0 Å². The van der Waals surface area contributed by atoms with Gasteiger partial charge in [0, 0.05) is 0 Å². The Kier molecular flexibility index (Phi) is 6.09. The van der Waals surface area contributed by atoms with E-state index in [4.69, 9.17) is 0 Å². The van der Waals surface area contributed by atoms with Gasteiger partial charge < -0.3 is 0 Å². The third kappa shape index (κ3) is 49.8. The summed E-state index contributed by atoms with van der Waals surface area (Å²) in [4.78, 5) is 0. The van der Waals surface area contributed by atoms with E-state index in [-0.39, 0.29) is 51.4 Å². The second-order valence-corrected chi connectivity index (χ2v) is 0.214. The first-order chi connectivity index (χ1) is 2.00. The second-order valence-electron chi connectivity index (χ2n) is 0.214. The summed E-state index contributed by atoms with van der Waals surface area (Å²) in [5.74, 6) is 0. The maximum Gasteiger partial charge on any atom is 1.00 e. The molecule has 32 valence electrons. The number of hydrogen-bond donors (Lipinski definition) is 0. The van der Waals surface area contributed by atoms with Gasteiger partial charge in [0.2, 0.25) is 6.08 Å². The average molecular weight is 122 g/mol. The van der Waals surface area contributed by atoms with Crippen LogP contribution in [0.25, 0.3) is 0 Å². The number of halogens is 3. The number of rotatable bonds is 0. The zero-order chi connectivity index (χ0) is 4.50. The minimum Gasteiger partial charge on any atom is -0.218 e. The molecule has 0 aromatic heterocycles. The van der Waals surface area contributed by atoms with Gasteiger partial charge in [0.15, 0.2) is 0 Å². The van der Waals surface area contributed by atoms with Crippen molar-refractivity contribution in [2.45, 2.75) is 6.08 Å². The Bertz CT molecular complexity index is 26.3. The summed E-state index contributed by atoms with van der Waals surface area (Å²) in [6.07, 6.45) is -3.75. The second kappa shape index (κ2) is 3.49. The molecule has 0 aliphatic heterocycles. The topological polar surface area (TPSA) is 0 Å². The van der Waals surface area contributed by atoms with Crippen molar-refractivity contribution in [2.75, 3.05) is 0 Å². The quantitative estimate of drug-likeness (QED) is 0.298. The molecule has 0 aromatic carbocycles. The molecule has 0 radical (unpaired) electrons. The van der Waals surface area contributed by atoms with E-state index < -0.39 is 13.9 Å². The van der Waals surface area contributed by atoms with Crippen molar-refractivity contribution in [1.82, 2.24) is 0 Å². The molecule has 0 fully saturated rings. The monoisotopic (exact) mass is 122 g/mol.